The van der Waals surface area contributed by atoms with Crippen LogP contribution in [-0.2, 0) is 0 Å². The molecule has 1 N–H and O–H groups in total. The molecule has 0 fully saturated rings. The molecule has 1 nitrogen and oxygen atoms in total. The summed E-state index contributed by atoms with van der Waals surface area (Å²) >= 11 is 7.07. The number of aliphatic hydroxyl groups is 1. The normalized spacial score (nSPS) is 13.8. The number of unbranched alkanes of at least 4 members (excludes halogenated alkanes) is 25. The highest BCUT2D eigenvalue weighted by Crippen LogP contribution is 2.39. The standard InChI is InChI=1S/C38H75ClO/c1-5-7-9-11-13-15-17-19-21-22-24-26-28-30-32-34-36-38(39,37(3,4)40)35-33-31-29-27-25-23-20-18-16-14-12-10-8-6-2/h19,21,40H,5-18,20,22-36H2,1-4H3/b21-19-. The number of halogens is 1. The summed E-state index contributed by atoms with van der Waals surface area (Å²) in [4.78, 5) is -0.467. The number of rotatable bonds is 32. The quantitative estimate of drug-likeness (QED) is 0.0475. The zero-order valence-corrected chi connectivity index (χ0v) is 28.9. The van der Waals surface area contributed by atoms with Crippen molar-refractivity contribution in [2.75, 3.05) is 0 Å². The summed E-state index contributed by atoms with van der Waals surface area (Å²) < 4.78 is 0. The van der Waals surface area contributed by atoms with Crippen LogP contribution in [0.1, 0.15) is 220 Å². The lowest BCUT2D eigenvalue weighted by atomic mass is 9.81. The van der Waals surface area contributed by atoms with Crippen LogP contribution in [-0.4, -0.2) is 15.6 Å². The van der Waals surface area contributed by atoms with E-state index in [1.54, 1.807) is 0 Å². The maximum absolute atomic E-state index is 10.8. The minimum atomic E-state index is -0.813. The highest BCUT2D eigenvalue weighted by atomic mass is 35.5. The Morgan fingerprint density at radius 2 is 0.675 bits per heavy atom. The van der Waals surface area contributed by atoms with E-state index in [1.807, 2.05) is 13.8 Å². The molecular formula is C38H75ClO. The van der Waals surface area contributed by atoms with Crippen LogP contribution in [0.15, 0.2) is 12.2 Å². The average Bonchev–Trinajstić information content (AvgIpc) is 2.92. The fraction of sp³-hybridized carbons (Fsp3) is 0.947. The predicted molar refractivity (Wildman–Crippen MR) is 184 cm³/mol. The third-order valence-electron chi connectivity index (χ3n) is 9.11. The van der Waals surface area contributed by atoms with Crippen LogP contribution in [0, 0.1) is 0 Å². The highest BCUT2D eigenvalue weighted by molar-refractivity contribution is 6.24. The molecule has 0 amide bonds. The summed E-state index contributed by atoms with van der Waals surface area (Å²) in [6.45, 7) is 8.42. The molecule has 2 heteroatoms. The summed E-state index contributed by atoms with van der Waals surface area (Å²) in [5, 5.41) is 10.8. The van der Waals surface area contributed by atoms with Crippen molar-refractivity contribution in [1.82, 2.24) is 0 Å². The fourth-order valence-electron chi connectivity index (χ4n) is 5.99. The highest BCUT2D eigenvalue weighted by Gasteiger charge is 2.40. The van der Waals surface area contributed by atoms with Crippen molar-refractivity contribution >= 4 is 11.6 Å². The molecule has 0 aromatic heterocycles. The van der Waals surface area contributed by atoms with Crippen molar-refractivity contribution in [3.05, 3.63) is 12.2 Å². The molecule has 0 heterocycles. The van der Waals surface area contributed by atoms with Gasteiger partial charge in [0, 0.05) is 0 Å². The molecule has 240 valence electrons. The molecule has 0 bridgehead atoms. The van der Waals surface area contributed by atoms with Gasteiger partial charge in [-0.25, -0.2) is 0 Å². The van der Waals surface area contributed by atoms with Crippen molar-refractivity contribution in [3.8, 4) is 0 Å². The SMILES string of the molecule is CCCCCCCC/C=C\CCCCCCCCC(Cl)(CCCCCCCCCCCCCCCC)C(C)(C)O. The largest absolute Gasteiger partial charge is 0.389 e. The Bertz CT molecular complexity index is 522. The van der Waals surface area contributed by atoms with E-state index in [-0.39, 0.29) is 0 Å². The Hall–Kier alpha value is -0.0100. The molecule has 40 heavy (non-hydrogen) atoms. The van der Waals surface area contributed by atoms with Gasteiger partial charge < -0.3 is 5.11 Å². The summed E-state index contributed by atoms with van der Waals surface area (Å²) in [6, 6.07) is 0. The first-order valence-electron chi connectivity index (χ1n) is 18.4. The van der Waals surface area contributed by atoms with Crippen LogP contribution in [0.5, 0.6) is 0 Å². The van der Waals surface area contributed by atoms with E-state index in [1.165, 1.54) is 167 Å². The summed E-state index contributed by atoms with van der Waals surface area (Å²) in [5.41, 5.74) is -0.813. The summed E-state index contributed by atoms with van der Waals surface area (Å²) in [7, 11) is 0. The molecule has 1 unspecified atom stereocenters. The van der Waals surface area contributed by atoms with Gasteiger partial charge in [0.25, 0.3) is 0 Å². The van der Waals surface area contributed by atoms with Gasteiger partial charge in [0.2, 0.25) is 0 Å². The van der Waals surface area contributed by atoms with Gasteiger partial charge in [-0.2, -0.15) is 0 Å². The number of hydrogen-bond donors (Lipinski definition) is 1. The molecule has 0 aromatic carbocycles. The van der Waals surface area contributed by atoms with Gasteiger partial charge >= 0.3 is 0 Å². The molecule has 0 aliphatic carbocycles. The minimum Gasteiger partial charge on any atom is -0.389 e. The maximum Gasteiger partial charge on any atom is 0.0782 e. The first-order chi connectivity index (χ1) is 19.4. The zero-order chi connectivity index (χ0) is 29.6. The van der Waals surface area contributed by atoms with Crippen LogP contribution in [0.2, 0.25) is 0 Å². The van der Waals surface area contributed by atoms with Crippen LogP contribution in [0.4, 0.5) is 0 Å². The number of hydrogen-bond acceptors (Lipinski definition) is 1. The summed E-state index contributed by atoms with van der Waals surface area (Å²) in [5.74, 6) is 0. The van der Waals surface area contributed by atoms with E-state index >= 15 is 0 Å². The lowest BCUT2D eigenvalue weighted by Crippen LogP contribution is -2.45. The fourth-order valence-corrected chi connectivity index (χ4v) is 6.26. The third kappa shape index (κ3) is 25.7. The van der Waals surface area contributed by atoms with E-state index in [0.29, 0.717) is 0 Å². The zero-order valence-electron chi connectivity index (χ0n) is 28.2. The van der Waals surface area contributed by atoms with E-state index in [4.69, 9.17) is 11.6 Å². The monoisotopic (exact) mass is 583 g/mol. The molecule has 1 atom stereocenters. The molecule has 0 aliphatic rings. The molecule has 0 saturated heterocycles. The Labute approximate surface area is 259 Å². The van der Waals surface area contributed by atoms with E-state index in [0.717, 1.165) is 25.7 Å². The van der Waals surface area contributed by atoms with Gasteiger partial charge in [-0.1, -0.05) is 180 Å². The van der Waals surface area contributed by atoms with Gasteiger partial charge in [-0.15, -0.1) is 11.6 Å². The molecule has 0 aliphatic heterocycles. The first-order valence-corrected chi connectivity index (χ1v) is 18.8. The van der Waals surface area contributed by atoms with Crippen molar-refractivity contribution in [2.24, 2.45) is 0 Å². The van der Waals surface area contributed by atoms with Gasteiger partial charge in [0.1, 0.15) is 0 Å². The number of alkyl halides is 1. The van der Waals surface area contributed by atoms with Gasteiger partial charge in [0.05, 0.1) is 10.5 Å². The van der Waals surface area contributed by atoms with E-state index < -0.39 is 10.5 Å². The predicted octanol–water partition coefficient (Wildman–Crippen LogP) is 14.0. The molecule has 0 saturated carbocycles. The van der Waals surface area contributed by atoms with Crippen LogP contribution in [0.25, 0.3) is 0 Å². The van der Waals surface area contributed by atoms with Gasteiger partial charge in [-0.3, -0.25) is 0 Å². The first kappa shape index (κ1) is 40.0. The van der Waals surface area contributed by atoms with Crippen LogP contribution < -0.4 is 0 Å². The Morgan fingerprint density at radius 3 is 0.950 bits per heavy atom. The smallest absolute Gasteiger partial charge is 0.0782 e. The maximum atomic E-state index is 10.8. The second-order valence-corrected chi connectivity index (χ2v) is 14.3. The second kappa shape index (κ2) is 29.1. The van der Waals surface area contributed by atoms with Crippen molar-refractivity contribution in [3.63, 3.8) is 0 Å². The molecule has 0 spiro atoms. The Balaban J connectivity index is 3.70. The van der Waals surface area contributed by atoms with Crippen molar-refractivity contribution in [1.29, 1.82) is 0 Å². The van der Waals surface area contributed by atoms with Crippen LogP contribution >= 0.6 is 11.6 Å². The topological polar surface area (TPSA) is 20.2 Å². The Morgan fingerprint density at radius 1 is 0.425 bits per heavy atom. The molecule has 0 aromatic rings. The van der Waals surface area contributed by atoms with Crippen LogP contribution in [0.3, 0.4) is 0 Å². The van der Waals surface area contributed by atoms with Crippen molar-refractivity contribution in [2.45, 2.75) is 231 Å². The minimum absolute atomic E-state index is 0.467. The van der Waals surface area contributed by atoms with Crippen molar-refractivity contribution < 1.29 is 5.11 Å². The van der Waals surface area contributed by atoms with E-state index in [9.17, 15) is 5.11 Å². The summed E-state index contributed by atoms with van der Waals surface area (Å²) in [6.07, 6.45) is 44.6. The second-order valence-electron chi connectivity index (χ2n) is 13.6. The third-order valence-corrected chi connectivity index (χ3v) is 9.95. The van der Waals surface area contributed by atoms with E-state index in [2.05, 4.69) is 26.0 Å². The molecular weight excluding hydrogens is 508 g/mol. The lowest BCUT2D eigenvalue weighted by molar-refractivity contribution is 0.0232. The van der Waals surface area contributed by atoms with Gasteiger partial charge in [-0.05, 0) is 52.4 Å². The Kier molecular flexibility index (Phi) is 29.1. The lowest BCUT2D eigenvalue weighted by Gasteiger charge is -2.38. The molecule has 0 radical (unpaired) electrons. The van der Waals surface area contributed by atoms with Gasteiger partial charge in [0.15, 0.2) is 0 Å². The average molecular weight is 583 g/mol. The number of allylic oxidation sites excluding steroid dienone is 2. The molecule has 0 rings (SSSR count).